The first kappa shape index (κ1) is 22.6. The fourth-order valence-corrected chi connectivity index (χ4v) is 4.79. The first-order valence-corrected chi connectivity index (χ1v) is 11.8. The average Bonchev–Trinajstić information content (AvgIpc) is 2.75. The minimum atomic E-state index is -3.38. The lowest BCUT2D eigenvalue weighted by atomic mass is 10.3. The summed E-state index contributed by atoms with van der Waals surface area (Å²) in [5.74, 6) is 0.463. The van der Waals surface area contributed by atoms with E-state index in [1.807, 2.05) is 12.1 Å². The van der Waals surface area contributed by atoms with Gasteiger partial charge in [0.15, 0.2) is 9.84 Å². The van der Waals surface area contributed by atoms with Crippen LogP contribution < -0.4 is 10.1 Å². The fourth-order valence-electron chi connectivity index (χ4n) is 3.29. The van der Waals surface area contributed by atoms with Gasteiger partial charge in [0.25, 0.3) is 0 Å². The number of amides is 1. The van der Waals surface area contributed by atoms with Crippen LogP contribution in [0, 0.1) is 0 Å². The summed E-state index contributed by atoms with van der Waals surface area (Å²) in [5, 5.41) is 3.33. The smallest absolute Gasteiger partial charge is 0.238 e. The number of nitrogens with zero attached hydrogens (tertiary/aromatic N) is 2. The molecule has 1 aliphatic heterocycles. The normalized spacial score (nSPS) is 15.7. The van der Waals surface area contributed by atoms with Gasteiger partial charge in [0.05, 0.1) is 35.0 Å². The predicted molar refractivity (Wildman–Crippen MR) is 118 cm³/mol. The molecule has 1 N–H and O–H groups in total. The third kappa shape index (κ3) is 6.18. The molecule has 7 nitrogen and oxygen atoms in total. The molecule has 0 radical (unpaired) electrons. The van der Waals surface area contributed by atoms with Crippen molar-refractivity contribution in [2.75, 3.05) is 57.4 Å². The number of halogens is 1. The monoisotopic (exact) mass is 451 g/mol. The third-order valence-electron chi connectivity index (χ3n) is 5.06. The number of carbonyl (C=O) groups is 1. The van der Waals surface area contributed by atoms with E-state index in [0.717, 1.165) is 0 Å². The number of nitrogens with one attached hydrogen (secondary N) is 1. The SMILES string of the molecule is COc1cccc(S(=O)(=O)CCN2CCN(CC(=O)Nc3ccccc3Cl)CC2)c1. The molecule has 1 saturated heterocycles. The van der Waals surface area contributed by atoms with Crippen LogP contribution in [-0.2, 0) is 14.6 Å². The Morgan fingerprint density at radius 2 is 1.77 bits per heavy atom. The number of benzene rings is 2. The van der Waals surface area contributed by atoms with E-state index in [-0.39, 0.29) is 23.1 Å². The summed E-state index contributed by atoms with van der Waals surface area (Å²) < 4.78 is 30.3. The molecule has 1 heterocycles. The molecule has 0 aromatic heterocycles. The molecule has 30 heavy (non-hydrogen) atoms. The van der Waals surface area contributed by atoms with E-state index in [1.54, 1.807) is 36.4 Å². The number of carbonyl (C=O) groups excluding carboxylic acids is 1. The molecule has 9 heteroatoms. The van der Waals surface area contributed by atoms with Crippen molar-refractivity contribution < 1.29 is 17.9 Å². The number of anilines is 1. The Kier molecular flexibility index (Phi) is 7.71. The summed E-state index contributed by atoms with van der Waals surface area (Å²) in [7, 11) is -1.86. The molecule has 0 bridgehead atoms. The van der Waals surface area contributed by atoms with Gasteiger partial charge in [-0.05, 0) is 30.3 Å². The highest BCUT2D eigenvalue weighted by Gasteiger charge is 2.22. The number of hydrogen-bond donors (Lipinski definition) is 1. The van der Waals surface area contributed by atoms with Gasteiger partial charge in [-0.1, -0.05) is 29.8 Å². The van der Waals surface area contributed by atoms with E-state index >= 15 is 0 Å². The van der Waals surface area contributed by atoms with E-state index in [2.05, 4.69) is 15.1 Å². The van der Waals surface area contributed by atoms with E-state index in [9.17, 15) is 13.2 Å². The van der Waals surface area contributed by atoms with Gasteiger partial charge >= 0.3 is 0 Å². The molecule has 0 atom stereocenters. The maximum Gasteiger partial charge on any atom is 0.238 e. The van der Waals surface area contributed by atoms with E-state index in [1.165, 1.54) is 7.11 Å². The Morgan fingerprint density at radius 1 is 1.07 bits per heavy atom. The minimum Gasteiger partial charge on any atom is -0.497 e. The molecule has 162 valence electrons. The standard InChI is InChI=1S/C21H26ClN3O4S/c1-29-17-5-4-6-18(15-17)30(27,28)14-13-24-9-11-25(12-10-24)16-21(26)23-20-8-3-2-7-19(20)22/h2-8,15H,9-14,16H2,1H3,(H,23,26). The van der Waals surface area contributed by atoms with Gasteiger partial charge < -0.3 is 10.1 Å². The van der Waals surface area contributed by atoms with Crippen molar-refractivity contribution in [2.45, 2.75) is 4.90 Å². The Hall–Kier alpha value is -2.13. The second kappa shape index (κ2) is 10.3. The first-order valence-electron chi connectivity index (χ1n) is 9.73. The average molecular weight is 452 g/mol. The number of rotatable bonds is 8. The Labute approximate surface area is 182 Å². The van der Waals surface area contributed by atoms with Gasteiger partial charge in [0.1, 0.15) is 5.75 Å². The van der Waals surface area contributed by atoms with Crippen molar-refractivity contribution in [2.24, 2.45) is 0 Å². The number of ether oxygens (including phenoxy) is 1. The van der Waals surface area contributed by atoms with Crippen molar-refractivity contribution in [1.82, 2.24) is 9.80 Å². The van der Waals surface area contributed by atoms with Crippen LogP contribution in [0.3, 0.4) is 0 Å². The van der Waals surface area contributed by atoms with Gasteiger partial charge in [-0.3, -0.25) is 14.6 Å². The quantitative estimate of drug-likeness (QED) is 0.663. The number of hydrogen-bond acceptors (Lipinski definition) is 6. The molecule has 1 aliphatic rings. The molecule has 2 aromatic carbocycles. The van der Waals surface area contributed by atoms with E-state index in [0.29, 0.717) is 49.2 Å². The Balaban J connectivity index is 1.44. The van der Waals surface area contributed by atoms with Crippen molar-refractivity contribution in [1.29, 1.82) is 0 Å². The van der Waals surface area contributed by atoms with Gasteiger partial charge in [-0.15, -0.1) is 0 Å². The summed E-state index contributed by atoms with van der Waals surface area (Å²) in [5.41, 5.74) is 0.602. The second-order valence-corrected chi connectivity index (χ2v) is 9.66. The van der Waals surface area contributed by atoms with Crippen LogP contribution >= 0.6 is 11.6 Å². The van der Waals surface area contributed by atoms with Crippen LogP contribution in [0.15, 0.2) is 53.4 Å². The summed E-state index contributed by atoms with van der Waals surface area (Å²) in [6, 6.07) is 13.7. The van der Waals surface area contributed by atoms with Gasteiger partial charge in [0.2, 0.25) is 5.91 Å². The minimum absolute atomic E-state index is 0.0488. The molecule has 0 saturated carbocycles. The highest BCUT2D eigenvalue weighted by molar-refractivity contribution is 7.91. The van der Waals surface area contributed by atoms with Crippen molar-refractivity contribution in [3.05, 3.63) is 53.6 Å². The largest absolute Gasteiger partial charge is 0.497 e. The first-order chi connectivity index (χ1) is 14.4. The van der Waals surface area contributed by atoms with Crippen LogP contribution in [0.1, 0.15) is 0 Å². The number of sulfone groups is 1. The molecule has 0 unspecified atom stereocenters. The molecular weight excluding hydrogens is 426 g/mol. The van der Waals surface area contributed by atoms with Crippen LogP contribution in [0.2, 0.25) is 5.02 Å². The van der Waals surface area contributed by atoms with Crippen molar-refractivity contribution in [3.63, 3.8) is 0 Å². The summed E-state index contributed by atoms with van der Waals surface area (Å²) in [4.78, 5) is 16.7. The van der Waals surface area contributed by atoms with E-state index < -0.39 is 9.84 Å². The number of para-hydroxylation sites is 1. The van der Waals surface area contributed by atoms with E-state index in [4.69, 9.17) is 16.3 Å². The zero-order valence-corrected chi connectivity index (χ0v) is 18.5. The lowest BCUT2D eigenvalue weighted by Crippen LogP contribution is -2.49. The lowest BCUT2D eigenvalue weighted by Gasteiger charge is -2.34. The lowest BCUT2D eigenvalue weighted by molar-refractivity contribution is -0.117. The fraction of sp³-hybridized carbons (Fsp3) is 0.381. The van der Waals surface area contributed by atoms with Gasteiger partial charge in [-0.2, -0.15) is 0 Å². The third-order valence-corrected chi connectivity index (χ3v) is 7.08. The van der Waals surface area contributed by atoms with Crippen molar-refractivity contribution >= 4 is 33.0 Å². The zero-order chi connectivity index (χ0) is 21.6. The molecule has 0 spiro atoms. The summed E-state index contributed by atoms with van der Waals surface area (Å²) in [6.45, 7) is 3.57. The predicted octanol–water partition coefficient (Wildman–Crippen LogP) is 2.38. The maximum absolute atomic E-state index is 12.6. The van der Waals surface area contributed by atoms with Crippen LogP contribution in [0.25, 0.3) is 0 Å². The molecule has 3 rings (SSSR count). The Bertz CT molecular complexity index is 976. The van der Waals surface area contributed by atoms with Crippen LogP contribution in [-0.4, -0.2) is 76.3 Å². The molecule has 1 fully saturated rings. The summed E-state index contributed by atoms with van der Waals surface area (Å²) in [6.07, 6.45) is 0. The summed E-state index contributed by atoms with van der Waals surface area (Å²) >= 11 is 6.07. The number of piperazine rings is 1. The maximum atomic E-state index is 12.6. The van der Waals surface area contributed by atoms with Crippen LogP contribution in [0.5, 0.6) is 5.75 Å². The topological polar surface area (TPSA) is 79.0 Å². The highest BCUT2D eigenvalue weighted by atomic mass is 35.5. The van der Waals surface area contributed by atoms with Crippen LogP contribution in [0.4, 0.5) is 5.69 Å². The van der Waals surface area contributed by atoms with Crippen molar-refractivity contribution in [3.8, 4) is 5.75 Å². The molecule has 2 aromatic rings. The zero-order valence-electron chi connectivity index (χ0n) is 16.9. The number of methoxy groups -OCH3 is 1. The molecule has 1 amide bonds. The van der Waals surface area contributed by atoms with Gasteiger partial charge in [-0.25, -0.2) is 8.42 Å². The molecule has 0 aliphatic carbocycles. The Morgan fingerprint density at radius 3 is 2.47 bits per heavy atom. The highest BCUT2D eigenvalue weighted by Crippen LogP contribution is 2.20. The second-order valence-electron chi connectivity index (χ2n) is 7.14. The van der Waals surface area contributed by atoms with Gasteiger partial charge in [0, 0.05) is 32.7 Å². The molecular formula is C21H26ClN3O4S.